The van der Waals surface area contributed by atoms with E-state index in [-0.39, 0.29) is 5.69 Å². The van der Waals surface area contributed by atoms with Gasteiger partial charge in [-0.3, -0.25) is 10.1 Å². The van der Waals surface area contributed by atoms with Crippen LogP contribution in [-0.4, -0.2) is 14.5 Å². The van der Waals surface area contributed by atoms with Gasteiger partial charge < -0.3 is 9.30 Å². The number of nitro benzene ring substituents is 1. The molecule has 0 aliphatic rings. The van der Waals surface area contributed by atoms with E-state index in [2.05, 4.69) is 4.98 Å². The summed E-state index contributed by atoms with van der Waals surface area (Å²) in [5, 5.41) is 10.7. The Hall–Kier alpha value is -2.96. The van der Waals surface area contributed by atoms with Gasteiger partial charge in [0.05, 0.1) is 16.8 Å². The molecule has 0 aliphatic carbocycles. The summed E-state index contributed by atoms with van der Waals surface area (Å²) in [7, 11) is 1.71. The van der Waals surface area contributed by atoms with Crippen LogP contribution in [0.3, 0.4) is 0 Å². The van der Waals surface area contributed by atoms with Crippen LogP contribution in [-0.2, 0) is 7.05 Å². The molecule has 0 N–H and O–H groups in total. The molecular formula is C15H12FN3O3. The lowest BCUT2D eigenvalue weighted by Crippen LogP contribution is -1.93. The fraction of sp³-hybridized carbons (Fsp3) is 0.133. The molecule has 6 nitrogen and oxygen atoms in total. The zero-order chi connectivity index (χ0) is 15.9. The molecule has 0 aliphatic heterocycles. The fourth-order valence-electron chi connectivity index (χ4n) is 2.26. The summed E-state index contributed by atoms with van der Waals surface area (Å²) in [4.78, 5) is 14.3. The first-order chi connectivity index (χ1) is 10.5. The minimum atomic E-state index is -0.476. The Balaban J connectivity index is 1.98. The number of hydrogen-bond donors (Lipinski definition) is 0. The number of hydrogen-bond acceptors (Lipinski definition) is 4. The summed E-state index contributed by atoms with van der Waals surface area (Å²) in [6, 6.07) is 7.14. The minimum Gasteiger partial charge on any atom is -0.457 e. The van der Waals surface area contributed by atoms with Gasteiger partial charge in [0.15, 0.2) is 5.82 Å². The van der Waals surface area contributed by atoms with Crippen LogP contribution in [0.25, 0.3) is 11.0 Å². The molecule has 0 bridgehead atoms. The molecule has 3 rings (SSSR count). The van der Waals surface area contributed by atoms with Gasteiger partial charge in [-0.05, 0) is 18.6 Å². The van der Waals surface area contributed by atoms with Crippen LogP contribution in [0.1, 0.15) is 5.56 Å². The molecular weight excluding hydrogens is 289 g/mol. The average Bonchev–Trinajstić information content (AvgIpc) is 2.83. The molecule has 112 valence electrons. The first kappa shape index (κ1) is 14.0. The van der Waals surface area contributed by atoms with Crippen molar-refractivity contribution in [3.05, 3.63) is 58.2 Å². The molecule has 0 fully saturated rings. The van der Waals surface area contributed by atoms with Crippen LogP contribution < -0.4 is 4.74 Å². The Labute approximate surface area is 124 Å². The maximum absolute atomic E-state index is 14.1. The normalized spacial score (nSPS) is 10.9. The van der Waals surface area contributed by atoms with E-state index >= 15 is 0 Å². The Morgan fingerprint density at radius 3 is 2.77 bits per heavy atom. The molecule has 22 heavy (non-hydrogen) atoms. The molecule has 2 aromatic carbocycles. The van der Waals surface area contributed by atoms with Crippen LogP contribution in [0, 0.1) is 22.9 Å². The van der Waals surface area contributed by atoms with Gasteiger partial charge in [-0.15, -0.1) is 0 Å². The van der Waals surface area contributed by atoms with Crippen molar-refractivity contribution in [2.45, 2.75) is 6.92 Å². The smallest absolute Gasteiger partial charge is 0.269 e. The van der Waals surface area contributed by atoms with Crippen molar-refractivity contribution in [2.75, 3.05) is 0 Å². The van der Waals surface area contributed by atoms with Gasteiger partial charge >= 0.3 is 0 Å². The van der Waals surface area contributed by atoms with Gasteiger partial charge in [-0.1, -0.05) is 0 Å². The lowest BCUT2D eigenvalue weighted by molar-refractivity contribution is -0.384. The molecule has 0 saturated carbocycles. The summed E-state index contributed by atoms with van der Waals surface area (Å²) in [6.07, 6.45) is 1.52. The van der Waals surface area contributed by atoms with Gasteiger partial charge in [0.25, 0.3) is 5.69 Å². The zero-order valence-electron chi connectivity index (χ0n) is 11.9. The van der Waals surface area contributed by atoms with E-state index in [9.17, 15) is 14.5 Å². The lowest BCUT2D eigenvalue weighted by Gasteiger charge is -2.09. The van der Waals surface area contributed by atoms with Crippen LogP contribution in [0.2, 0.25) is 0 Å². The summed E-state index contributed by atoms with van der Waals surface area (Å²) >= 11 is 0. The van der Waals surface area contributed by atoms with Crippen molar-refractivity contribution in [2.24, 2.45) is 7.05 Å². The average molecular weight is 301 g/mol. The SMILES string of the molecule is Cc1cc([N+](=O)[O-])ccc1Oc1cc(F)c2c(c1)ncn2C. The monoisotopic (exact) mass is 301 g/mol. The van der Waals surface area contributed by atoms with Gasteiger partial charge in [0.2, 0.25) is 0 Å². The molecule has 1 aromatic heterocycles. The largest absolute Gasteiger partial charge is 0.457 e. The van der Waals surface area contributed by atoms with Gasteiger partial charge in [-0.25, -0.2) is 9.37 Å². The number of fused-ring (bicyclic) bond motifs is 1. The topological polar surface area (TPSA) is 70.2 Å². The first-order valence-electron chi connectivity index (χ1n) is 6.49. The number of halogens is 1. The second-order valence-electron chi connectivity index (χ2n) is 4.94. The number of imidazole rings is 1. The van der Waals surface area contributed by atoms with E-state index in [1.807, 2.05) is 0 Å². The molecule has 0 amide bonds. The van der Waals surface area contributed by atoms with Crippen LogP contribution in [0.15, 0.2) is 36.7 Å². The van der Waals surface area contributed by atoms with E-state index in [0.717, 1.165) is 0 Å². The lowest BCUT2D eigenvalue weighted by atomic mass is 10.2. The van der Waals surface area contributed by atoms with E-state index in [4.69, 9.17) is 4.74 Å². The third kappa shape index (κ3) is 2.37. The number of ether oxygens (including phenoxy) is 1. The Morgan fingerprint density at radius 2 is 2.09 bits per heavy atom. The number of benzene rings is 2. The molecule has 1 heterocycles. The van der Waals surface area contributed by atoms with E-state index in [0.29, 0.717) is 28.1 Å². The van der Waals surface area contributed by atoms with Crippen molar-refractivity contribution in [3.8, 4) is 11.5 Å². The van der Waals surface area contributed by atoms with Gasteiger partial charge in [0.1, 0.15) is 17.0 Å². The molecule has 0 saturated heterocycles. The molecule has 0 atom stereocenters. The second kappa shape index (κ2) is 5.10. The third-order valence-electron chi connectivity index (χ3n) is 3.34. The van der Waals surface area contributed by atoms with Gasteiger partial charge in [-0.2, -0.15) is 0 Å². The number of nitrogens with zero attached hydrogens (tertiary/aromatic N) is 3. The predicted octanol–water partition coefficient (Wildman–Crippen LogP) is 3.72. The Bertz CT molecular complexity index is 889. The number of aromatic nitrogens is 2. The molecule has 0 unspecified atom stereocenters. The van der Waals surface area contributed by atoms with E-state index in [1.54, 1.807) is 24.6 Å². The molecule has 0 spiro atoms. The van der Waals surface area contributed by atoms with Crippen molar-refractivity contribution >= 4 is 16.7 Å². The fourth-order valence-corrected chi connectivity index (χ4v) is 2.26. The summed E-state index contributed by atoms with van der Waals surface area (Å²) < 4.78 is 21.3. The number of non-ortho nitro benzene ring substituents is 1. The highest BCUT2D eigenvalue weighted by Gasteiger charge is 2.12. The maximum atomic E-state index is 14.1. The Kier molecular flexibility index (Phi) is 3.25. The summed E-state index contributed by atoms with van der Waals surface area (Å²) in [5.41, 5.74) is 1.46. The number of nitro groups is 1. The molecule has 0 radical (unpaired) electrons. The quantitative estimate of drug-likeness (QED) is 0.546. The van der Waals surface area contributed by atoms with Crippen LogP contribution >= 0.6 is 0 Å². The second-order valence-corrected chi connectivity index (χ2v) is 4.94. The third-order valence-corrected chi connectivity index (χ3v) is 3.34. The van der Waals surface area contributed by atoms with Crippen molar-refractivity contribution in [3.63, 3.8) is 0 Å². The predicted molar refractivity (Wildman–Crippen MR) is 78.6 cm³/mol. The van der Waals surface area contributed by atoms with Gasteiger partial charge in [0, 0.05) is 31.3 Å². The highest BCUT2D eigenvalue weighted by atomic mass is 19.1. The summed E-state index contributed by atoms with van der Waals surface area (Å²) in [5.74, 6) is 0.285. The Morgan fingerprint density at radius 1 is 1.32 bits per heavy atom. The van der Waals surface area contributed by atoms with E-state index in [1.165, 1.54) is 30.6 Å². The molecule has 7 heteroatoms. The van der Waals surface area contributed by atoms with Crippen molar-refractivity contribution in [1.82, 2.24) is 9.55 Å². The summed E-state index contributed by atoms with van der Waals surface area (Å²) in [6.45, 7) is 1.69. The minimum absolute atomic E-state index is 0.0174. The van der Waals surface area contributed by atoms with E-state index < -0.39 is 10.7 Å². The number of aryl methyl sites for hydroxylation is 2. The van der Waals surface area contributed by atoms with Crippen LogP contribution in [0.4, 0.5) is 10.1 Å². The van der Waals surface area contributed by atoms with Crippen molar-refractivity contribution in [1.29, 1.82) is 0 Å². The van der Waals surface area contributed by atoms with Crippen molar-refractivity contribution < 1.29 is 14.1 Å². The highest BCUT2D eigenvalue weighted by molar-refractivity contribution is 5.77. The first-order valence-corrected chi connectivity index (χ1v) is 6.49. The number of rotatable bonds is 3. The molecule has 3 aromatic rings. The highest BCUT2D eigenvalue weighted by Crippen LogP contribution is 2.30. The standard InChI is InChI=1S/C15H12FN3O3/c1-9-5-10(19(20)21)3-4-14(9)22-11-6-12(16)15-13(7-11)17-8-18(15)2/h3-8H,1-2H3. The van der Waals surface area contributed by atoms with Crippen LogP contribution in [0.5, 0.6) is 11.5 Å². The zero-order valence-corrected chi connectivity index (χ0v) is 11.9. The maximum Gasteiger partial charge on any atom is 0.269 e.